The van der Waals surface area contributed by atoms with E-state index in [1.807, 2.05) is 13.0 Å². The van der Waals surface area contributed by atoms with Gasteiger partial charge in [-0.3, -0.25) is 0 Å². The first kappa shape index (κ1) is 7.53. The molecule has 4 nitrogen and oxygen atoms in total. The third-order valence-electron chi connectivity index (χ3n) is 1.06. The number of nitrogens with zero attached hydrogens (tertiary/aromatic N) is 4. The molecule has 56 valence electrons. The van der Waals surface area contributed by atoms with Crippen LogP contribution in [0.15, 0.2) is 25.1 Å². The van der Waals surface area contributed by atoms with E-state index in [2.05, 4.69) is 27.0 Å². The Hall–Kier alpha value is -1.58. The summed E-state index contributed by atoms with van der Waals surface area (Å²) in [5.41, 5.74) is 0.716. The van der Waals surface area contributed by atoms with Gasteiger partial charge in [-0.05, 0) is 6.92 Å². The van der Waals surface area contributed by atoms with E-state index in [0.717, 1.165) is 0 Å². The topological polar surface area (TPSA) is 51.6 Å². The molecule has 0 unspecified atom stereocenters. The zero-order valence-corrected chi connectivity index (χ0v) is 6.23. The average Bonchev–Trinajstić information content (AvgIpc) is 2.07. The first-order valence-electron chi connectivity index (χ1n) is 3.17. The van der Waals surface area contributed by atoms with Gasteiger partial charge in [0.25, 0.3) is 0 Å². The Bertz CT molecular complexity index is 265. The molecule has 0 bridgehead atoms. The van der Waals surface area contributed by atoms with Gasteiger partial charge in [0.1, 0.15) is 0 Å². The molecule has 0 aliphatic heterocycles. The van der Waals surface area contributed by atoms with Crippen molar-refractivity contribution in [2.45, 2.75) is 6.92 Å². The minimum absolute atomic E-state index is 0.464. The zero-order valence-electron chi connectivity index (χ0n) is 6.23. The van der Waals surface area contributed by atoms with E-state index in [1.165, 1.54) is 6.33 Å². The van der Waals surface area contributed by atoms with Gasteiger partial charge in [-0.2, -0.15) is 0 Å². The smallest absolute Gasteiger partial charge is 0.135 e. The fraction of sp³-hybridized carbons (Fsp3) is 0.143. The molecular weight excluding hydrogens is 140 g/mol. The van der Waals surface area contributed by atoms with Crippen LogP contribution in [0.2, 0.25) is 0 Å². The summed E-state index contributed by atoms with van der Waals surface area (Å²) in [5, 5.41) is 14.6. The van der Waals surface area contributed by atoms with Gasteiger partial charge in [-0.1, -0.05) is 18.7 Å². The zero-order chi connectivity index (χ0) is 8.10. The molecule has 11 heavy (non-hydrogen) atoms. The second-order valence-electron chi connectivity index (χ2n) is 1.90. The van der Waals surface area contributed by atoms with Crippen LogP contribution in [0.4, 0.5) is 0 Å². The SMILES string of the molecule is C=C(/C=C\C)c1nncnn1. The van der Waals surface area contributed by atoms with E-state index in [-0.39, 0.29) is 0 Å². The third-order valence-corrected chi connectivity index (χ3v) is 1.06. The van der Waals surface area contributed by atoms with Crippen LogP contribution in [0.5, 0.6) is 0 Å². The summed E-state index contributed by atoms with van der Waals surface area (Å²) < 4.78 is 0. The van der Waals surface area contributed by atoms with Crippen molar-refractivity contribution in [2.24, 2.45) is 0 Å². The summed E-state index contributed by atoms with van der Waals surface area (Å²) in [6.07, 6.45) is 4.95. The van der Waals surface area contributed by atoms with Gasteiger partial charge in [0.2, 0.25) is 5.82 Å². The maximum absolute atomic E-state index is 3.72. The normalized spacial score (nSPS) is 10.3. The number of hydrogen-bond donors (Lipinski definition) is 0. The van der Waals surface area contributed by atoms with Crippen molar-refractivity contribution in [3.63, 3.8) is 0 Å². The monoisotopic (exact) mass is 148 g/mol. The summed E-state index contributed by atoms with van der Waals surface area (Å²) in [5.74, 6) is 0.464. The number of aromatic nitrogens is 4. The molecule has 1 aromatic heterocycles. The van der Waals surface area contributed by atoms with Gasteiger partial charge in [0.15, 0.2) is 6.33 Å². The van der Waals surface area contributed by atoms with Crippen LogP contribution in [0, 0.1) is 0 Å². The van der Waals surface area contributed by atoms with Crippen molar-refractivity contribution in [2.75, 3.05) is 0 Å². The lowest BCUT2D eigenvalue weighted by Crippen LogP contribution is -1.95. The van der Waals surface area contributed by atoms with Crippen LogP contribution in [-0.2, 0) is 0 Å². The van der Waals surface area contributed by atoms with Crippen molar-refractivity contribution >= 4 is 5.57 Å². The molecule has 0 aromatic carbocycles. The van der Waals surface area contributed by atoms with Crippen LogP contribution in [0.3, 0.4) is 0 Å². The third kappa shape index (κ3) is 1.93. The molecule has 1 aromatic rings. The molecule has 0 aliphatic carbocycles. The molecule has 0 aliphatic rings. The van der Waals surface area contributed by atoms with Crippen molar-refractivity contribution in [1.82, 2.24) is 20.4 Å². The molecule has 0 saturated heterocycles. The molecule has 0 fully saturated rings. The fourth-order valence-corrected chi connectivity index (χ4v) is 0.608. The lowest BCUT2D eigenvalue weighted by Gasteiger charge is -1.92. The van der Waals surface area contributed by atoms with Crippen LogP contribution in [0.1, 0.15) is 12.7 Å². The van der Waals surface area contributed by atoms with Gasteiger partial charge in [0, 0.05) is 5.57 Å². The highest BCUT2D eigenvalue weighted by molar-refractivity contribution is 5.66. The molecule has 0 spiro atoms. The second kappa shape index (κ2) is 3.55. The Morgan fingerprint density at radius 1 is 1.45 bits per heavy atom. The van der Waals surface area contributed by atoms with E-state index in [0.29, 0.717) is 11.4 Å². The van der Waals surface area contributed by atoms with E-state index in [1.54, 1.807) is 6.08 Å². The summed E-state index contributed by atoms with van der Waals surface area (Å²) in [4.78, 5) is 0. The van der Waals surface area contributed by atoms with Gasteiger partial charge in [0.05, 0.1) is 0 Å². The summed E-state index contributed by atoms with van der Waals surface area (Å²) >= 11 is 0. The molecule has 0 amide bonds. The number of rotatable bonds is 2. The summed E-state index contributed by atoms with van der Waals surface area (Å²) in [6.45, 7) is 5.62. The van der Waals surface area contributed by atoms with Crippen molar-refractivity contribution < 1.29 is 0 Å². The Morgan fingerprint density at radius 3 is 2.64 bits per heavy atom. The molecule has 0 N–H and O–H groups in total. The van der Waals surface area contributed by atoms with Gasteiger partial charge < -0.3 is 0 Å². The van der Waals surface area contributed by atoms with E-state index < -0.39 is 0 Å². The Morgan fingerprint density at radius 2 is 2.09 bits per heavy atom. The van der Waals surface area contributed by atoms with Gasteiger partial charge in [-0.15, -0.1) is 20.4 Å². The van der Waals surface area contributed by atoms with Crippen molar-refractivity contribution in [3.8, 4) is 0 Å². The molecule has 0 radical (unpaired) electrons. The highest BCUT2D eigenvalue weighted by atomic mass is 15.3. The average molecular weight is 148 g/mol. The maximum atomic E-state index is 3.72. The summed E-state index contributed by atoms with van der Waals surface area (Å²) in [6, 6.07) is 0. The number of hydrogen-bond acceptors (Lipinski definition) is 4. The molecular formula is C7H8N4. The molecule has 4 heteroatoms. The lowest BCUT2D eigenvalue weighted by molar-refractivity contribution is 0.835. The van der Waals surface area contributed by atoms with Crippen molar-refractivity contribution in [1.29, 1.82) is 0 Å². The van der Waals surface area contributed by atoms with Crippen LogP contribution in [0.25, 0.3) is 5.57 Å². The maximum Gasteiger partial charge on any atom is 0.202 e. The first-order chi connectivity index (χ1) is 5.34. The predicted molar refractivity (Wildman–Crippen MR) is 41.5 cm³/mol. The second-order valence-corrected chi connectivity index (χ2v) is 1.90. The van der Waals surface area contributed by atoms with E-state index >= 15 is 0 Å². The quantitative estimate of drug-likeness (QED) is 0.583. The molecule has 0 saturated carbocycles. The van der Waals surface area contributed by atoms with E-state index in [4.69, 9.17) is 0 Å². The molecule has 1 heterocycles. The van der Waals surface area contributed by atoms with Gasteiger partial charge in [-0.25, -0.2) is 0 Å². The highest BCUT2D eigenvalue weighted by Crippen LogP contribution is 2.03. The minimum atomic E-state index is 0.464. The Kier molecular flexibility index (Phi) is 2.43. The Balaban J connectivity index is 2.86. The van der Waals surface area contributed by atoms with Crippen LogP contribution in [-0.4, -0.2) is 20.4 Å². The standard InChI is InChI=1S/C7H8N4/c1-3-4-6(2)7-10-8-5-9-11-7/h3-5H,2H2,1H3/b4-3-. The predicted octanol–water partition coefficient (Wildman–Crippen LogP) is 0.856. The van der Waals surface area contributed by atoms with Crippen LogP contribution >= 0.6 is 0 Å². The lowest BCUT2D eigenvalue weighted by atomic mass is 10.3. The van der Waals surface area contributed by atoms with E-state index in [9.17, 15) is 0 Å². The largest absolute Gasteiger partial charge is 0.202 e. The van der Waals surface area contributed by atoms with Crippen LogP contribution < -0.4 is 0 Å². The van der Waals surface area contributed by atoms with Gasteiger partial charge >= 0.3 is 0 Å². The molecule has 0 atom stereocenters. The summed E-state index contributed by atoms with van der Waals surface area (Å²) in [7, 11) is 0. The molecule has 1 rings (SSSR count). The highest BCUT2D eigenvalue weighted by Gasteiger charge is 1.96. The number of allylic oxidation sites excluding steroid dienone is 3. The Labute approximate surface area is 64.7 Å². The fourth-order valence-electron chi connectivity index (χ4n) is 0.608. The minimum Gasteiger partial charge on any atom is -0.135 e. The first-order valence-corrected chi connectivity index (χ1v) is 3.17. The van der Waals surface area contributed by atoms with Crippen molar-refractivity contribution in [3.05, 3.63) is 30.9 Å².